The van der Waals surface area contributed by atoms with E-state index in [4.69, 9.17) is 5.11 Å². The lowest BCUT2D eigenvalue weighted by Crippen LogP contribution is -2.25. The number of hydrogen-bond donors (Lipinski definition) is 2. The van der Waals surface area contributed by atoms with Gasteiger partial charge in [-0.05, 0) is 24.9 Å². The summed E-state index contributed by atoms with van der Waals surface area (Å²) in [5.41, 5.74) is -0.637. The van der Waals surface area contributed by atoms with E-state index in [0.717, 1.165) is 37.1 Å². The fourth-order valence-electron chi connectivity index (χ4n) is 1.68. The molecule has 0 atom stereocenters. The fraction of sp³-hybridized carbons (Fsp3) is 0.500. The first-order chi connectivity index (χ1) is 8.56. The number of aromatic nitrogens is 1. The Morgan fingerprint density at radius 3 is 2.67 bits per heavy atom. The summed E-state index contributed by atoms with van der Waals surface area (Å²) in [4.78, 5) is 22.6. The van der Waals surface area contributed by atoms with Crippen molar-refractivity contribution in [1.82, 2.24) is 4.57 Å². The third-order valence-electron chi connectivity index (χ3n) is 2.56. The Hall–Kier alpha value is -1.43. The summed E-state index contributed by atoms with van der Waals surface area (Å²) in [6.07, 6.45) is 4.79. The molecule has 0 aliphatic carbocycles. The average Bonchev–Trinajstić information content (AvgIpc) is 2.30. The molecule has 0 unspecified atom stereocenters. The quantitative estimate of drug-likeness (QED) is 0.739. The van der Waals surface area contributed by atoms with Gasteiger partial charge in [-0.3, -0.25) is 4.79 Å². The van der Waals surface area contributed by atoms with Crippen LogP contribution in [0.5, 0.6) is 5.75 Å². The Kier molecular flexibility index (Phi) is 5.77. The lowest BCUT2D eigenvalue weighted by atomic mass is 10.2. The van der Waals surface area contributed by atoms with Gasteiger partial charge >= 0.3 is 5.97 Å². The maximum Gasteiger partial charge on any atom is 0.352 e. The second-order valence-electron chi connectivity index (χ2n) is 3.95. The molecule has 0 spiro atoms. The zero-order valence-electron chi connectivity index (χ0n) is 10.3. The molecule has 0 saturated carbocycles. The Balaban J connectivity index is 2.75. The van der Waals surface area contributed by atoms with Gasteiger partial charge in [-0.15, -0.1) is 0 Å². The van der Waals surface area contributed by atoms with Crippen molar-refractivity contribution >= 4 is 17.7 Å². The van der Waals surface area contributed by atoms with Crippen LogP contribution >= 0.6 is 11.8 Å². The molecule has 2 N–H and O–H groups in total. The maximum absolute atomic E-state index is 11.6. The highest BCUT2D eigenvalue weighted by Crippen LogP contribution is 2.10. The van der Waals surface area contributed by atoms with Crippen LogP contribution in [0.4, 0.5) is 0 Å². The number of thioether (sulfide) groups is 1. The highest BCUT2D eigenvalue weighted by Gasteiger charge is 2.12. The topological polar surface area (TPSA) is 79.5 Å². The molecule has 18 heavy (non-hydrogen) atoms. The molecule has 0 aliphatic heterocycles. The summed E-state index contributed by atoms with van der Waals surface area (Å²) in [5.74, 6) is -0.445. The molecule has 1 aromatic heterocycles. The van der Waals surface area contributed by atoms with Crippen molar-refractivity contribution in [1.29, 1.82) is 0 Å². The molecule has 5 nitrogen and oxygen atoms in total. The van der Waals surface area contributed by atoms with Crippen molar-refractivity contribution in [3.8, 4) is 5.75 Å². The summed E-state index contributed by atoms with van der Waals surface area (Å²) in [7, 11) is 0. The van der Waals surface area contributed by atoms with Crippen LogP contribution in [0.15, 0.2) is 16.9 Å². The number of nitrogens with zero attached hydrogens (tertiary/aromatic N) is 1. The minimum atomic E-state index is -1.20. The van der Waals surface area contributed by atoms with Gasteiger partial charge in [-0.1, -0.05) is 6.42 Å². The van der Waals surface area contributed by atoms with Crippen LogP contribution in [0, 0.1) is 0 Å². The zero-order chi connectivity index (χ0) is 13.5. The number of unbranched alkanes of at least 4 members (excludes halogenated alkanes) is 2. The molecule has 100 valence electrons. The predicted octanol–water partition coefficient (Wildman–Crippen LogP) is 1.79. The molecule has 0 fully saturated rings. The van der Waals surface area contributed by atoms with Gasteiger partial charge in [0.1, 0.15) is 11.4 Å². The molecule has 6 heteroatoms. The first kappa shape index (κ1) is 14.6. The molecule has 1 heterocycles. The van der Waals surface area contributed by atoms with Gasteiger partial charge < -0.3 is 14.8 Å². The Labute approximate surface area is 109 Å². The van der Waals surface area contributed by atoms with Crippen molar-refractivity contribution < 1.29 is 15.0 Å². The second kappa shape index (κ2) is 7.10. The number of carboxylic acid groups (broad SMARTS) is 1. The van der Waals surface area contributed by atoms with E-state index in [1.807, 2.05) is 6.26 Å². The van der Waals surface area contributed by atoms with Gasteiger partial charge in [-0.2, -0.15) is 11.8 Å². The standard InChI is InChI=1S/C12H17NO4S/c1-18-6-4-2-3-5-13-10(12(16)17)7-9(14)8-11(13)15/h7-8,14H,2-6H2,1H3,(H,16,17). The third kappa shape index (κ3) is 4.10. The lowest BCUT2D eigenvalue weighted by molar-refractivity contribution is 0.0682. The molecule has 0 radical (unpaired) electrons. The van der Waals surface area contributed by atoms with Gasteiger partial charge in [0.15, 0.2) is 0 Å². The smallest absolute Gasteiger partial charge is 0.352 e. The van der Waals surface area contributed by atoms with Gasteiger partial charge in [0.25, 0.3) is 5.56 Å². The van der Waals surface area contributed by atoms with E-state index in [-0.39, 0.29) is 11.4 Å². The van der Waals surface area contributed by atoms with Crippen molar-refractivity contribution in [2.75, 3.05) is 12.0 Å². The molecule has 1 aromatic rings. The van der Waals surface area contributed by atoms with Crippen LogP contribution in [0.1, 0.15) is 29.8 Å². The largest absolute Gasteiger partial charge is 0.508 e. The molecule has 0 amide bonds. The van der Waals surface area contributed by atoms with Crippen molar-refractivity contribution in [2.45, 2.75) is 25.8 Å². The Bertz CT molecular complexity index is 470. The summed E-state index contributed by atoms with van der Waals surface area (Å²) < 4.78 is 1.20. The molecule has 0 saturated heterocycles. The van der Waals surface area contributed by atoms with Gasteiger partial charge in [0, 0.05) is 18.7 Å². The first-order valence-corrected chi connectivity index (χ1v) is 7.11. The summed E-state index contributed by atoms with van der Waals surface area (Å²) >= 11 is 1.77. The number of carbonyl (C=O) groups is 1. The number of rotatable bonds is 7. The monoisotopic (exact) mass is 271 g/mol. The maximum atomic E-state index is 11.6. The zero-order valence-corrected chi connectivity index (χ0v) is 11.1. The summed E-state index contributed by atoms with van der Waals surface area (Å²) in [6.45, 7) is 0.370. The van der Waals surface area contributed by atoms with E-state index in [9.17, 15) is 14.7 Å². The van der Waals surface area contributed by atoms with E-state index in [2.05, 4.69) is 0 Å². The van der Waals surface area contributed by atoms with Crippen LogP contribution in [-0.4, -0.2) is 32.8 Å². The van der Waals surface area contributed by atoms with Crippen molar-refractivity contribution in [3.63, 3.8) is 0 Å². The van der Waals surface area contributed by atoms with E-state index >= 15 is 0 Å². The SMILES string of the molecule is CSCCCCCn1c(C(=O)O)cc(O)cc1=O. The van der Waals surface area contributed by atoms with E-state index in [0.29, 0.717) is 6.54 Å². The van der Waals surface area contributed by atoms with Crippen LogP contribution in [0.2, 0.25) is 0 Å². The van der Waals surface area contributed by atoms with Crippen LogP contribution in [0.25, 0.3) is 0 Å². The van der Waals surface area contributed by atoms with Crippen LogP contribution in [0.3, 0.4) is 0 Å². The minimum Gasteiger partial charge on any atom is -0.508 e. The van der Waals surface area contributed by atoms with E-state index < -0.39 is 11.5 Å². The molecular weight excluding hydrogens is 254 g/mol. The number of pyridine rings is 1. The highest BCUT2D eigenvalue weighted by molar-refractivity contribution is 7.98. The Morgan fingerprint density at radius 2 is 2.06 bits per heavy atom. The predicted molar refractivity (Wildman–Crippen MR) is 71.6 cm³/mol. The van der Waals surface area contributed by atoms with Crippen LogP contribution in [-0.2, 0) is 6.54 Å². The third-order valence-corrected chi connectivity index (χ3v) is 3.26. The van der Waals surface area contributed by atoms with Gasteiger partial charge in [0.05, 0.1) is 0 Å². The Morgan fingerprint density at radius 1 is 1.33 bits per heavy atom. The van der Waals surface area contributed by atoms with Gasteiger partial charge in [0.2, 0.25) is 0 Å². The van der Waals surface area contributed by atoms with Gasteiger partial charge in [-0.25, -0.2) is 4.79 Å². The fourth-order valence-corrected chi connectivity index (χ4v) is 2.18. The number of aromatic hydroxyl groups is 1. The lowest BCUT2D eigenvalue weighted by Gasteiger charge is -2.09. The van der Waals surface area contributed by atoms with Crippen molar-refractivity contribution in [2.24, 2.45) is 0 Å². The number of hydrogen-bond acceptors (Lipinski definition) is 4. The second-order valence-corrected chi connectivity index (χ2v) is 4.93. The molecule has 1 rings (SSSR count). The number of aromatic carboxylic acids is 1. The van der Waals surface area contributed by atoms with E-state index in [1.165, 1.54) is 4.57 Å². The van der Waals surface area contributed by atoms with Crippen LogP contribution < -0.4 is 5.56 Å². The molecule has 0 bridgehead atoms. The minimum absolute atomic E-state index is 0.162. The molecular formula is C12H17NO4S. The first-order valence-electron chi connectivity index (χ1n) is 5.72. The summed E-state index contributed by atoms with van der Waals surface area (Å²) in [5, 5.41) is 18.2. The normalized spacial score (nSPS) is 10.5. The van der Waals surface area contributed by atoms with Crippen molar-refractivity contribution in [3.05, 3.63) is 28.2 Å². The van der Waals surface area contributed by atoms with E-state index in [1.54, 1.807) is 11.8 Å². The average molecular weight is 271 g/mol. The molecule has 0 aliphatic rings. The highest BCUT2D eigenvalue weighted by atomic mass is 32.2. The molecule has 0 aromatic carbocycles. The summed E-state index contributed by atoms with van der Waals surface area (Å²) in [6, 6.07) is 2.14. The number of carboxylic acids is 1.